The molecule has 0 bridgehead atoms. The van der Waals surface area contributed by atoms with Gasteiger partial charge in [0.15, 0.2) is 0 Å². The van der Waals surface area contributed by atoms with Gasteiger partial charge in [0.1, 0.15) is 4.21 Å². The molecule has 0 spiro atoms. The molecule has 0 amide bonds. The maximum atomic E-state index is 12.2. The Morgan fingerprint density at radius 1 is 1.50 bits per heavy atom. The van der Waals surface area contributed by atoms with Gasteiger partial charge in [0, 0.05) is 19.0 Å². The zero-order chi connectivity index (χ0) is 15.5. The van der Waals surface area contributed by atoms with Crippen LogP contribution in [0.5, 0.6) is 0 Å². The number of carbonyl (C=O) groups is 2. The Labute approximate surface area is 120 Å². The van der Waals surface area contributed by atoms with E-state index in [1.54, 1.807) is 0 Å². The number of carbonyl (C=O) groups excluding carboxylic acids is 1. The van der Waals surface area contributed by atoms with E-state index in [4.69, 9.17) is 5.11 Å². The van der Waals surface area contributed by atoms with Gasteiger partial charge in [-0.3, -0.25) is 4.79 Å². The summed E-state index contributed by atoms with van der Waals surface area (Å²) in [5, 5.41) is 10.2. The molecule has 1 atom stereocenters. The summed E-state index contributed by atoms with van der Waals surface area (Å²) in [6.45, 7) is 1.27. The maximum Gasteiger partial charge on any atom is 0.338 e. The number of thiophene rings is 1. The Hall–Kier alpha value is -1.45. The third-order valence-corrected chi connectivity index (χ3v) is 5.85. The van der Waals surface area contributed by atoms with Crippen LogP contribution in [0.15, 0.2) is 15.7 Å². The van der Waals surface area contributed by atoms with Crippen LogP contribution in [0, 0.1) is 5.92 Å². The van der Waals surface area contributed by atoms with E-state index in [2.05, 4.69) is 4.74 Å². The molecule has 0 aliphatic rings. The zero-order valence-corrected chi connectivity index (χ0v) is 12.8. The Bertz CT molecular complexity index is 606. The molecular formula is C11H15NO6S2. The molecule has 1 heterocycles. The SMILES string of the molecule is COC(=O)c1csc(S(=O)(=O)N(C)CC(C)C(=O)O)c1. The minimum atomic E-state index is -3.81. The molecule has 0 saturated heterocycles. The smallest absolute Gasteiger partial charge is 0.338 e. The van der Waals surface area contributed by atoms with Crippen molar-refractivity contribution in [3.8, 4) is 0 Å². The number of carboxylic acids is 1. The fourth-order valence-corrected chi connectivity index (χ4v) is 4.01. The molecule has 1 unspecified atom stereocenters. The van der Waals surface area contributed by atoms with Crippen molar-refractivity contribution in [2.24, 2.45) is 5.92 Å². The van der Waals surface area contributed by atoms with Crippen molar-refractivity contribution in [3.63, 3.8) is 0 Å². The first-order valence-corrected chi connectivity index (χ1v) is 7.88. The van der Waals surface area contributed by atoms with E-state index in [-0.39, 0.29) is 16.3 Å². The Balaban J connectivity index is 2.96. The van der Waals surface area contributed by atoms with Crippen molar-refractivity contribution >= 4 is 33.3 Å². The lowest BCUT2D eigenvalue weighted by atomic mass is 10.2. The molecule has 1 N–H and O–H groups in total. The standard InChI is InChI=1S/C11H15NO6S2/c1-7(10(13)14)5-12(2)20(16,17)9-4-8(6-19-9)11(15)18-3/h4,6-7H,5H2,1-3H3,(H,13,14). The molecular weight excluding hydrogens is 306 g/mol. The summed E-state index contributed by atoms with van der Waals surface area (Å²) in [7, 11) is -1.31. The number of ether oxygens (including phenoxy) is 1. The monoisotopic (exact) mass is 321 g/mol. The van der Waals surface area contributed by atoms with Crippen LogP contribution in [-0.2, 0) is 19.6 Å². The third kappa shape index (κ3) is 3.56. The molecule has 0 radical (unpaired) electrons. The van der Waals surface area contributed by atoms with Gasteiger partial charge in [-0.25, -0.2) is 13.2 Å². The minimum Gasteiger partial charge on any atom is -0.481 e. The van der Waals surface area contributed by atoms with Gasteiger partial charge in [-0.2, -0.15) is 4.31 Å². The van der Waals surface area contributed by atoms with Gasteiger partial charge in [0.25, 0.3) is 10.0 Å². The second kappa shape index (κ2) is 6.33. The van der Waals surface area contributed by atoms with Crippen LogP contribution in [0.25, 0.3) is 0 Å². The van der Waals surface area contributed by atoms with Crippen molar-refractivity contribution in [3.05, 3.63) is 17.0 Å². The number of esters is 1. The van der Waals surface area contributed by atoms with Crippen molar-refractivity contribution in [1.82, 2.24) is 4.31 Å². The molecule has 20 heavy (non-hydrogen) atoms. The number of hydrogen-bond donors (Lipinski definition) is 1. The molecule has 112 valence electrons. The largest absolute Gasteiger partial charge is 0.481 e. The van der Waals surface area contributed by atoms with E-state index in [0.717, 1.165) is 15.6 Å². The fraction of sp³-hybridized carbons (Fsp3) is 0.455. The number of hydrogen-bond acceptors (Lipinski definition) is 6. The van der Waals surface area contributed by atoms with E-state index in [1.807, 2.05) is 0 Å². The molecule has 0 aliphatic heterocycles. The Kier molecular flexibility index (Phi) is 5.26. The highest BCUT2D eigenvalue weighted by molar-refractivity contribution is 7.91. The summed E-state index contributed by atoms with van der Waals surface area (Å²) in [5.74, 6) is -2.52. The normalized spacial score (nSPS) is 13.2. The molecule has 1 rings (SSSR count). The lowest BCUT2D eigenvalue weighted by Crippen LogP contribution is -2.33. The van der Waals surface area contributed by atoms with Gasteiger partial charge in [-0.05, 0) is 6.07 Å². The van der Waals surface area contributed by atoms with E-state index in [1.165, 1.54) is 32.5 Å². The van der Waals surface area contributed by atoms with Crippen LogP contribution < -0.4 is 0 Å². The summed E-state index contributed by atoms with van der Waals surface area (Å²) in [4.78, 5) is 22.0. The summed E-state index contributed by atoms with van der Waals surface area (Å²) in [6, 6.07) is 1.22. The van der Waals surface area contributed by atoms with Gasteiger partial charge in [-0.15, -0.1) is 11.3 Å². The van der Waals surface area contributed by atoms with E-state index in [9.17, 15) is 18.0 Å². The predicted molar refractivity (Wildman–Crippen MR) is 72.3 cm³/mol. The van der Waals surface area contributed by atoms with E-state index in [0.29, 0.717) is 0 Å². The summed E-state index contributed by atoms with van der Waals surface area (Å²) in [5.41, 5.74) is 0.149. The number of methoxy groups -OCH3 is 1. The highest BCUT2D eigenvalue weighted by Gasteiger charge is 2.27. The number of carboxylic acid groups (broad SMARTS) is 1. The Morgan fingerprint density at radius 2 is 2.10 bits per heavy atom. The van der Waals surface area contributed by atoms with Crippen LogP contribution in [0.3, 0.4) is 0 Å². The topological polar surface area (TPSA) is 101 Å². The van der Waals surface area contributed by atoms with Crippen molar-refractivity contribution in [2.45, 2.75) is 11.1 Å². The predicted octanol–water partition coefficient (Wildman–Crippen LogP) is 0.876. The molecule has 7 nitrogen and oxygen atoms in total. The maximum absolute atomic E-state index is 12.2. The van der Waals surface area contributed by atoms with Crippen LogP contribution in [0.1, 0.15) is 17.3 Å². The number of rotatable bonds is 6. The average molecular weight is 321 g/mol. The van der Waals surface area contributed by atoms with Crippen LogP contribution in [-0.4, -0.2) is 50.5 Å². The molecule has 1 aromatic heterocycles. The second-order valence-corrected chi connectivity index (χ2v) is 7.35. The lowest BCUT2D eigenvalue weighted by molar-refractivity contribution is -0.141. The highest BCUT2D eigenvalue weighted by Crippen LogP contribution is 2.24. The first kappa shape index (κ1) is 16.6. The molecule has 0 fully saturated rings. The highest BCUT2D eigenvalue weighted by atomic mass is 32.2. The average Bonchev–Trinajstić information content (AvgIpc) is 2.87. The van der Waals surface area contributed by atoms with Crippen LogP contribution >= 0.6 is 11.3 Å². The quantitative estimate of drug-likeness (QED) is 0.780. The van der Waals surface area contributed by atoms with Gasteiger partial charge in [0.2, 0.25) is 0 Å². The summed E-state index contributed by atoms with van der Waals surface area (Å²) in [6.07, 6.45) is 0. The molecule has 1 aromatic rings. The van der Waals surface area contributed by atoms with E-state index >= 15 is 0 Å². The van der Waals surface area contributed by atoms with Crippen molar-refractivity contribution in [1.29, 1.82) is 0 Å². The van der Waals surface area contributed by atoms with E-state index < -0.39 is 27.9 Å². The molecule has 0 saturated carbocycles. The third-order valence-electron chi connectivity index (χ3n) is 2.61. The number of aliphatic carboxylic acids is 1. The Morgan fingerprint density at radius 3 is 2.60 bits per heavy atom. The van der Waals surface area contributed by atoms with Gasteiger partial charge in [0.05, 0.1) is 18.6 Å². The first-order chi connectivity index (χ1) is 9.20. The fourth-order valence-electron chi connectivity index (χ4n) is 1.39. The van der Waals surface area contributed by atoms with Gasteiger partial charge >= 0.3 is 11.9 Å². The van der Waals surface area contributed by atoms with Crippen molar-refractivity contribution in [2.75, 3.05) is 20.7 Å². The van der Waals surface area contributed by atoms with Crippen LogP contribution in [0.4, 0.5) is 0 Å². The van der Waals surface area contributed by atoms with Gasteiger partial charge in [-0.1, -0.05) is 6.92 Å². The van der Waals surface area contributed by atoms with Crippen molar-refractivity contribution < 1.29 is 27.9 Å². The molecule has 9 heteroatoms. The van der Waals surface area contributed by atoms with Crippen LogP contribution in [0.2, 0.25) is 0 Å². The minimum absolute atomic E-state index is 0.0296. The number of nitrogens with zero attached hydrogens (tertiary/aromatic N) is 1. The summed E-state index contributed by atoms with van der Waals surface area (Å²) < 4.78 is 29.8. The lowest BCUT2D eigenvalue weighted by Gasteiger charge is -2.18. The summed E-state index contributed by atoms with van der Waals surface area (Å²) >= 11 is 0.886. The second-order valence-electron chi connectivity index (χ2n) is 4.17. The molecule has 0 aliphatic carbocycles. The molecule has 0 aromatic carbocycles. The first-order valence-electron chi connectivity index (χ1n) is 5.56. The van der Waals surface area contributed by atoms with Gasteiger partial charge < -0.3 is 9.84 Å². The number of sulfonamides is 1. The zero-order valence-electron chi connectivity index (χ0n) is 11.2.